The van der Waals surface area contributed by atoms with Crippen LogP contribution in [0.2, 0.25) is 0 Å². The van der Waals surface area contributed by atoms with Crippen molar-refractivity contribution in [2.45, 2.75) is 61.2 Å². The molecule has 1 amide bonds. The Kier molecular flexibility index (Phi) is 7.00. The summed E-state index contributed by atoms with van der Waals surface area (Å²) in [7, 11) is -3.64. The predicted molar refractivity (Wildman–Crippen MR) is 136 cm³/mol. The van der Waals surface area contributed by atoms with Gasteiger partial charge in [-0.1, -0.05) is 6.07 Å². The highest BCUT2D eigenvalue weighted by Crippen LogP contribution is 2.41. The van der Waals surface area contributed by atoms with Gasteiger partial charge in [0.25, 0.3) is 0 Å². The number of nitrogens with zero attached hydrogens (tertiary/aromatic N) is 2. The van der Waals surface area contributed by atoms with Crippen molar-refractivity contribution in [2.24, 2.45) is 5.73 Å². The van der Waals surface area contributed by atoms with Gasteiger partial charge in [-0.2, -0.15) is 5.10 Å². The van der Waals surface area contributed by atoms with Gasteiger partial charge in [-0.25, -0.2) is 18.2 Å². The van der Waals surface area contributed by atoms with E-state index in [-0.39, 0.29) is 23.5 Å². The van der Waals surface area contributed by atoms with Crippen LogP contribution in [-0.2, 0) is 19.3 Å². The van der Waals surface area contributed by atoms with Gasteiger partial charge in [-0.05, 0) is 51.2 Å². The number of benzene rings is 1. The molecule has 3 aromatic rings. The Labute approximate surface area is 213 Å². The van der Waals surface area contributed by atoms with Crippen LogP contribution in [0.3, 0.4) is 0 Å². The first-order valence-corrected chi connectivity index (χ1v) is 14.3. The van der Waals surface area contributed by atoms with Gasteiger partial charge < -0.3 is 20.5 Å². The Bertz CT molecular complexity index is 1340. The average molecular weight is 532 g/mol. The van der Waals surface area contributed by atoms with Crippen LogP contribution in [-0.4, -0.2) is 54.3 Å². The Morgan fingerprint density at radius 2 is 2.03 bits per heavy atom. The van der Waals surface area contributed by atoms with E-state index in [2.05, 4.69) is 20.5 Å². The molecule has 0 spiro atoms. The van der Waals surface area contributed by atoms with Gasteiger partial charge >= 0.3 is 6.09 Å². The fourth-order valence-corrected chi connectivity index (χ4v) is 7.81. The minimum atomic E-state index is -3.64. The maximum Gasteiger partial charge on any atom is 0.404 e. The van der Waals surface area contributed by atoms with Gasteiger partial charge in [0.15, 0.2) is 15.7 Å². The number of aromatic amines is 1. The molecule has 1 aliphatic heterocycles. The SMILES string of the molecule is Cc1cc(Nc2ccc(-c3cnc(C4CCC(OC(N)=O)CC4)s3)c(S(=O)(=O)C3CCOC3)c2)n[nH]1. The molecule has 2 fully saturated rings. The van der Waals surface area contributed by atoms with Crippen molar-refractivity contribution in [3.8, 4) is 10.4 Å². The maximum absolute atomic E-state index is 13.7. The lowest BCUT2D eigenvalue weighted by Gasteiger charge is -2.26. The monoisotopic (exact) mass is 531 g/mol. The third kappa shape index (κ3) is 5.25. The molecule has 2 aromatic heterocycles. The number of aromatic nitrogens is 3. The first-order valence-electron chi connectivity index (χ1n) is 12.0. The molecule has 1 atom stereocenters. The van der Waals surface area contributed by atoms with E-state index in [9.17, 15) is 13.2 Å². The highest BCUT2D eigenvalue weighted by molar-refractivity contribution is 7.92. The molecule has 36 heavy (non-hydrogen) atoms. The predicted octanol–water partition coefficient (Wildman–Crippen LogP) is 4.27. The Morgan fingerprint density at radius 1 is 1.22 bits per heavy atom. The van der Waals surface area contributed by atoms with Gasteiger partial charge in [0.1, 0.15) is 6.10 Å². The number of carbonyl (C=O) groups excluding carboxylic acids is 1. The molecular formula is C24H29N5O5S2. The second-order valence-corrected chi connectivity index (χ2v) is 12.5. The zero-order valence-corrected chi connectivity index (χ0v) is 21.5. The van der Waals surface area contributed by atoms with Gasteiger partial charge in [0.2, 0.25) is 0 Å². The first kappa shape index (κ1) is 24.7. The topological polar surface area (TPSA) is 149 Å². The number of aryl methyl sites for hydroxylation is 1. The molecule has 1 aromatic carbocycles. The fourth-order valence-electron chi connectivity index (χ4n) is 4.80. The lowest BCUT2D eigenvalue weighted by Crippen LogP contribution is -2.26. The lowest BCUT2D eigenvalue weighted by molar-refractivity contribution is 0.0787. The smallest absolute Gasteiger partial charge is 0.404 e. The molecular weight excluding hydrogens is 502 g/mol. The van der Waals surface area contributed by atoms with E-state index >= 15 is 0 Å². The summed E-state index contributed by atoms with van der Waals surface area (Å²) in [5, 5.41) is 10.6. The Morgan fingerprint density at radius 3 is 2.69 bits per heavy atom. The molecule has 1 saturated carbocycles. The van der Waals surface area contributed by atoms with E-state index in [4.69, 9.17) is 15.2 Å². The third-order valence-electron chi connectivity index (χ3n) is 6.69. The number of nitrogens with two attached hydrogens (primary N) is 1. The zero-order valence-electron chi connectivity index (χ0n) is 19.9. The van der Waals surface area contributed by atoms with E-state index in [0.717, 1.165) is 41.3 Å². The van der Waals surface area contributed by atoms with Crippen molar-refractivity contribution in [2.75, 3.05) is 18.5 Å². The maximum atomic E-state index is 13.7. The van der Waals surface area contributed by atoms with Crippen LogP contribution in [0.1, 0.15) is 48.7 Å². The van der Waals surface area contributed by atoms with Crippen molar-refractivity contribution < 1.29 is 22.7 Å². The van der Waals surface area contributed by atoms with Crippen molar-refractivity contribution in [1.29, 1.82) is 0 Å². The minimum Gasteiger partial charge on any atom is -0.446 e. The highest BCUT2D eigenvalue weighted by Gasteiger charge is 2.34. The molecule has 0 radical (unpaired) electrons. The molecule has 12 heteroatoms. The summed E-state index contributed by atoms with van der Waals surface area (Å²) in [6, 6.07) is 7.22. The summed E-state index contributed by atoms with van der Waals surface area (Å²) >= 11 is 1.52. The van der Waals surface area contributed by atoms with Crippen molar-refractivity contribution in [1.82, 2.24) is 15.2 Å². The molecule has 1 saturated heterocycles. The van der Waals surface area contributed by atoms with Crippen LogP contribution in [0.25, 0.3) is 10.4 Å². The van der Waals surface area contributed by atoms with Crippen LogP contribution in [0, 0.1) is 6.92 Å². The number of rotatable bonds is 7. The van der Waals surface area contributed by atoms with Gasteiger partial charge in [-0.15, -0.1) is 11.3 Å². The largest absolute Gasteiger partial charge is 0.446 e. The minimum absolute atomic E-state index is 0.151. The van der Waals surface area contributed by atoms with Gasteiger partial charge in [0, 0.05) is 41.7 Å². The molecule has 1 unspecified atom stereocenters. The standard InChI is InChI=1S/C24H29N5O5S2/c1-14-10-22(29-28-14)27-16-4-7-19(21(11-16)36(31,32)18-8-9-33-13-18)20-12-26-23(35-20)15-2-5-17(6-3-15)34-24(25)30/h4,7,10-12,15,17-18H,2-3,5-6,8-9,13H2,1H3,(H2,25,30)(H2,27,28,29). The van der Waals surface area contributed by atoms with E-state index in [1.165, 1.54) is 11.3 Å². The number of anilines is 2. The number of ether oxygens (including phenoxy) is 2. The van der Waals surface area contributed by atoms with E-state index in [1.54, 1.807) is 12.3 Å². The molecule has 10 nitrogen and oxygen atoms in total. The van der Waals surface area contributed by atoms with Gasteiger partial charge in [-0.3, -0.25) is 5.10 Å². The molecule has 1 aliphatic carbocycles. The second kappa shape index (κ2) is 10.2. The number of primary amides is 1. The Hall–Kier alpha value is -2.96. The van der Waals surface area contributed by atoms with Crippen LogP contribution in [0.4, 0.5) is 16.3 Å². The number of H-pyrrole nitrogens is 1. The van der Waals surface area contributed by atoms with E-state index < -0.39 is 21.2 Å². The molecule has 3 heterocycles. The normalized spacial score (nSPS) is 22.4. The quantitative estimate of drug-likeness (QED) is 0.409. The summed E-state index contributed by atoms with van der Waals surface area (Å²) in [5.41, 5.74) is 7.33. The summed E-state index contributed by atoms with van der Waals surface area (Å²) in [4.78, 5) is 16.8. The number of carbonyl (C=O) groups is 1. The molecule has 4 N–H and O–H groups in total. The lowest BCUT2D eigenvalue weighted by atomic mass is 9.88. The fraction of sp³-hybridized carbons (Fsp3) is 0.458. The zero-order chi connectivity index (χ0) is 25.3. The van der Waals surface area contributed by atoms with Crippen LogP contribution < -0.4 is 11.1 Å². The number of nitrogens with one attached hydrogen (secondary N) is 2. The Balaban J connectivity index is 1.43. The first-order chi connectivity index (χ1) is 17.3. The van der Waals surface area contributed by atoms with Crippen LogP contribution >= 0.6 is 11.3 Å². The molecule has 192 valence electrons. The van der Waals surface area contributed by atoms with Gasteiger partial charge in [0.05, 0.1) is 26.6 Å². The number of hydrogen-bond donors (Lipinski definition) is 3. The summed E-state index contributed by atoms with van der Waals surface area (Å²) in [5.74, 6) is 0.854. The molecule has 2 aliphatic rings. The average Bonchev–Trinajstić information content (AvgIpc) is 3.62. The summed E-state index contributed by atoms with van der Waals surface area (Å²) in [6.45, 7) is 2.54. The number of amides is 1. The van der Waals surface area contributed by atoms with Crippen molar-refractivity contribution >= 4 is 38.8 Å². The summed E-state index contributed by atoms with van der Waals surface area (Å²) in [6.07, 6.45) is 4.48. The van der Waals surface area contributed by atoms with Crippen molar-refractivity contribution in [3.05, 3.63) is 41.2 Å². The highest BCUT2D eigenvalue weighted by atomic mass is 32.2. The number of sulfone groups is 1. The molecule has 5 rings (SSSR count). The number of hydrogen-bond acceptors (Lipinski definition) is 9. The molecule has 0 bridgehead atoms. The third-order valence-corrected chi connectivity index (χ3v) is 10.1. The van der Waals surface area contributed by atoms with E-state index in [1.807, 2.05) is 25.1 Å². The summed E-state index contributed by atoms with van der Waals surface area (Å²) < 4.78 is 37.9. The van der Waals surface area contributed by atoms with Crippen LogP contribution in [0.5, 0.6) is 0 Å². The van der Waals surface area contributed by atoms with Crippen molar-refractivity contribution in [3.63, 3.8) is 0 Å². The second-order valence-electron chi connectivity index (χ2n) is 9.28. The number of thiazole rings is 1. The van der Waals surface area contributed by atoms with Crippen LogP contribution in [0.15, 0.2) is 35.4 Å². The van der Waals surface area contributed by atoms with E-state index in [0.29, 0.717) is 30.1 Å².